The van der Waals surface area contributed by atoms with E-state index in [1.54, 1.807) is 6.20 Å². The van der Waals surface area contributed by atoms with Crippen LogP contribution in [0.15, 0.2) is 42.6 Å². The molecule has 0 spiro atoms. The summed E-state index contributed by atoms with van der Waals surface area (Å²) in [5.41, 5.74) is 1.63. The fourth-order valence-corrected chi connectivity index (χ4v) is 8.44. The highest BCUT2D eigenvalue weighted by molar-refractivity contribution is 6.34. The van der Waals surface area contributed by atoms with Crippen molar-refractivity contribution in [1.29, 1.82) is 0 Å². The summed E-state index contributed by atoms with van der Waals surface area (Å²) in [5, 5.41) is 3.70. The molecule has 1 saturated carbocycles. The summed E-state index contributed by atoms with van der Waals surface area (Å²) < 4.78 is 30.2. The standard InChI is InChI=1S/C39H51ClFN5O5/c1-5-50-38(49)26-12-14-29(15-13-26)51-39(45-18-8-9-19-45,46-20-16-28(17-21-46)43(2)3)36(47)23-27-22-32(40)34(24-33(27)41)42-37(48)31-25-44(4)35-11-7-6-10-30(31)35/h6-7,10-11,22,24-26,28-29H,5,8-9,12-21,23H2,1-4H3,(H,42,48). The molecule has 1 amide bonds. The number of aryl methyl sites for hydroxylation is 1. The second kappa shape index (κ2) is 16.1. The Balaban J connectivity index is 1.26. The Labute approximate surface area is 305 Å². The number of nitrogens with one attached hydrogen (secondary N) is 1. The number of hydrogen-bond acceptors (Lipinski definition) is 8. The van der Waals surface area contributed by atoms with E-state index in [0.717, 1.165) is 36.6 Å². The number of nitrogens with zero attached hydrogens (tertiary/aromatic N) is 4. The van der Waals surface area contributed by atoms with E-state index in [2.05, 4.69) is 34.1 Å². The summed E-state index contributed by atoms with van der Waals surface area (Å²) in [5.74, 6) is -2.99. The Morgan fingerprint density at radius 2 is 1.65 bits per heavy atom. The molecule has 1 unspecified atom stereocenters. The number of ether oxygens (including phenoxy) is 2. The van der Waals surface area contributed by atoms with E-state index in [1.165, 1.54) is 12.1 Å². The number of anilines is 1. The van der Waals surface area contributed by atoms with Gasteiger partial charge in [-0.15, -0.1) is 0 Å². The van der Waals surface area contributed by atoms with Crippen molar-refractivity contribution in [2.75, 3.05) is 52.2 Å². The second-order valence-electron chi connectivity index (χ2n) is 14.5. The molecule has 2 saturated heterocycles. The zero-order valence-corrected chi connectivity index (χ0v) is 31.0. The van der Waals surface area contributed by atoms with Gasteiger partial charge in [0, 0.05) is 62.8 Å². The van der Waals surface area contributed by atoms with E-state index < -0.39 is 17.6 Å². The van der Waals surface area contributed by atoms with Gasteiger partial charge in [-0.3, -0.25) is 24.2 Å². The molecule has 1 atom stereocenters. The van der Waals surface area contributed by atoms with Crippen LogP contribution in [0.3, 0.4) is 0 Å². The number of halogens is 2. The molecular formula is C39H51ClFN5O5. The van der Waals surface area contributed by atoms with Gasteiger partial charge in [0.05, 0.1) is 34.9 Å². The van der Waals surface area contributed by atoms with E-state index in [-0.39, 0.29) is 46.5 Å². The van der Waals surface area contributed by atoms with E-state index in [9.17, 15) is 14.4 Å². The number of carbonyl (C=O) groups is 3. The Bertz CT molecular complexity index is 1730. The van der Waals surface area contributed by atoms with Crippen molar-refractivity contribution < 1.29 is 28.2 Å². The minimum atomic E-state index is -1.38. The third-order valence-corrected chi connectivity index (χ3v) is 11.3. The maximum atomic E-state index is 16.0. The number of ketones is 1. The van der Waals surface area contributed by atoms with Crippen molar-refractivity contribution in [3.8, 4) is 0 Å². The van der Waals surface area contributed by atoms with E-state index in [1.807, 2.05) is 42.8 Å². The van der Waals surface area contributed by atoms with Crippen LogP contribution in [0.2, 0.25) is 5.02 Å². The summed E-state index contributed by atoms with van der Waals surface area (Å²) in [6.45, 7) is 4.87. The smallest absolute Gasteiger partial charge is 0.308 e. The lowest BCUT2D eigenvalue weighted by Crippen LogP contribution is -2.69. The van der Waals surface area contributed by atoms with E-state index in [0.29, 0.717) is 70.1 Å². The molecule has 0 bridgehead atoms. The summed E-state index contributed by atoms with van der Waals surface area (Å²) in [6, 6.07) is 10.6. The van der Waals surface area contributed by atoms with Crippen LogP contribution in [0, 0.1) is 11.7 Å². The molecule has 2 aromatic carbocycles. The first-order valence-corrected chi connectivity index (χ1v) is 18.8. The lowest BCUT2D eigenvalue weighted by atomic mass is 9.87. The maximum absolute atomic E-state index is 16.0. The molecule has 1 N–H and O–H groups in total. The normalized spacial score (nSPS) is 21.9. The third kappa shape index (κ3) is 7.88. The summed E-state index contributed by atoms with van der Waals surface area (Å²) >= 11 is 6.70. The van der Waals surface area contributed by atoms with Gasteiger partial charge >= 0.3 is 5.97 Å². The first-order valence-electron chi connectivity index (χ1n) is 18.4. The predicted octanol–water partition coefficient (Wildman–Crippen LogP) is 6.25. The van der Waals surface area contributed by atoms with Crippen molar-refractivity contribution in [2.24, 2.45) is 13.0 Å². The molecule has 3 aliphatic rings. The van der Waals surface area contributed by atoms with Gasteiger partial charge in [0.25, 0.3) is 5.91 Å². The third-order valence-electron chi connectivity index (χ3n) is 11.0. The van der Waals surface area contributed by atoms with Crippen LogP contribution in [0.4, 0.5) is 10.1 Å². The zero-order chi connectivity index (χ0) is 36.3. The number of carbonyl (C=O) groups excluding carboxylic acids is 3. The molecule has 12 heteroatoms. The van der Waals surface area contributed by atoms with Crippen LogP contribution in [0.5, 0.6) is 0 Å². The van der Waals surface area contributed by atoms with Crippen LogP contribution < -0.4 is 5.32 Å². The second-order valence-corrected chi connectivity index (χ2v) is 14.9. The molecule has 3 heterocycles. The molecular weight excluding hydrogens is 673 g/mol. The van der Waals surface area contributed by atoms with Crippen molar-refractivity contribution in [3.05, 3.63) is 64.6 Å². The van der Waals surface area contributed by atoms with Crippen molar-refractivity contribution in [1.82, 2.24) is 19.3 Å². The van der Waals surface area contributed by atoms with Gasteiger partial charge < -0.3 is 24.3 Å². The lowest BCUT2D eigenvalue weighted by molar-refractivity contribution is -0.260. The number of esters is 1. The number of fused-ring (bicyclic) bond motifs is 1. The molecule has 276 valence electrons. The molecule has 6 rings (SSSR count). The molecule has 1 aromatic heterocycles. The zero-order valence-electron chi connectivity index (χ0n) is 30.3. The Morgan fingerprint density at radius 1 is 0.980 bits per heavy atom. The van der Waals surface area contributed by atoms with Crippen LogP contribution >= 0.6 is 11.6 Å². The highest BCUT2D eigenvalue weighted by atomic mass is 35.5. The molecule has 51 heavy (non-hydrogen) atoms. The minimum absolute atomic E-state index is 0.134. The summed E-state index contributed by atoms with van der Waals surface area (Å²) in [7, 11) is 6.03. The largest absolute Gasteiger partial charge is 0.466 e. The number of aromatic nitrogens is 1. The number of benzene rings is 2. The van der Waals surface area contributed by atoms with Crippen LogP contribution in [0.25, 0.3) is 10.9 Å². The van der Waals surface area contributed by atoms with Gasteiger partial charge in [0.1, 0.15) is 5.82 Å². The van der Waals surface area contributed by atoms with Gasteiger partial charge in [-0.1, -0.05) is 29.8 Å². The highest BCUT2D eigenvalue weighted by Crippen LogP contribution is 2.38. The number of rotatable bonds is 12. The van der Waals surface area contributed by atoms with Crippen LogP contribution in [-0.4, -0.2) is 102 Å². The first-order chi connectivity index (χ1) is 24.5. The molecule has 3 fully saturated rings. The SMILES string of the molecule is CCOC(=O)C1CCC(OC(C(=O)Cc2cc(Cl)c(NC(=O)c3cn(C)c4ccccc34)cc2F)(N2CCCC2)N2CCC(N(C)C)CC2)CC1. The number of para-hydroxylation sites is 1. The molecule has 2 aliphatic heterocycles. The predicted molar refractivity (Wildman–Crippen MR) is 196 cm³/mol. The molecule has 1 aliphatic carbocycles. The van der Waals surface area contributed by atoms with Crippen LogP contribution in [-0.2, 0) is 32.5 Å². The van der Waals surface area contributed by atoms with Crippen molar-refractivity contribution in [3.63, 3.8) is 0 Å². The topological polar surface area (TPSA) is 96.3 Å². The fraction of sp³-hybridized carbons (Fsp3) is 0.564. The van der Waals surface area contributed by atoms with Crippen molar-refractivity contribution >= 4 is 45.9 Å². The fourth-order valence-electron chi connectivity index (χ4n) is 8.20. The molecule has 10 nitrogen and oxygen atoms in total. The summed E-state index contributed by atoms with van der Waals surface area (Å²) in [4.78, 5) is 47.3. The van der Waals surface area contributed by atoms with Crippen molar-refractivity contribution in [2.45, 2.75) is 82.7 Å². The maximum Gasteiger partial charge on any atom is 0.308 e. The summed E-state index contributed by atoms with van der Waals surface area (Å²) in [6.07, 6.45) is 7.41. The molecule has 3 aromatic rings. The minimum Gasteiger partial charge on any atom is -0.466 e. The monoisotopic (exact) mass is 723 g/mol. The average molecular weight is 724 g/mol. The van der Waals surface area contributed by atoms with Gasteiger partial charge in [-0.05, 0) is 96.1 Å². The number of piperidine rings is 1. The van der Waals surface area contributed by atoms with E-state index in [4.69, 9.17) is 21.1 Å². The van der Waals surface area contributed by atoms with Gasteiger partial charge in [-0.25, -0.2) is 4.39 Å². The van der Waals surface area contributed by atoms with Gasteiger partial charge in [0.2, 0.25) is 5.85 Å². The quantitative estimate of drug-likeness (QED) is 0.219. The van der Waals surface area contributed by atoms with Gasteiger partial charge in [-0.2, -0.15) is 0 Å². The molecule has 0 radical (unpaired) electrons. The Hall–Kier alpha value is -3.35. The number of likely N-dealkylation sites (tertiary alicyclic amines) is 2. The van der Waals surface area contributed by atoms with Crippen LogP contribution in [0.1, 0.15) is 74.2 Å². The Kier molecular flexibility index (Phi) is 11.8. The average Bonchev–Trinajstić information content (AvgIpc) is 3.79. The number of amides is 1. The Morgan fingerprint density at radius 3 is 2.31 bits per heavy atom. The number of hydrogen-bond donors (Lipinski definition) is 1. The van der Waals surface area contributed by atoms with E-state index >= 15 is 4.39 Å². The lowest BCUT2D eigenvalue weighted by Gasteiger charge is -2.52. The first kappa shape index (κ1) is 37.4. The number of Topliss-reactive ketones (excluding diaryl/α,β-unsaturated/α-hetero) is 1. The van der Waals surface area contributed by atoms with Gasteiger partial charge in [0.15, 0.2) is 5.78 Å². The highest BCUT2D eigenvalue weighted by Gasteiger charge is 2.53.